The predicted molar refractivity (Wildman–Crippen MR) is 128 cm³/mol. The Morgan fingerprint density at radius 2 is 1.85 bits per heavy atom. The molecule has 9 heteroatoms. The molecule has 0 aliphatic heterocycles. The second kappa shape index (κ2) is 10.6. The summed E-state index contributed by atoms with van der Waals surface area (Å²) in [5, 5.41) is 4.40. The van der Waals surface area contributed by atoms with Gasteiger partial charge in [-0.15, -0.1) is 11.6 Å². The molecule has 0 atom stereocenters. The second-order valence-corrected chi connectivity index (χ2v) is 7.75. The molecular formula is C24H20Cl2FN3O3. The van der Waals surface area contributed by atoms with Crippen molar-refractivity contribution >= 4 is 45.6 Å². The van der Waals surface area contributed by atoms with E-state index in [1.165, 1.54) is 18.5 Å². The molecule has 6 nitrogen and oxygen atoms in total. The highest BCUT2D eigenvalue weighted by Crippen LogP contribution is 2.36. The molecule has 3 aromatic carbocycles. The summed E-state index contributed by atoms with van der Waals surface area (Å²) in [5.74, 6) is 2.21. The number of fused-ring (bicyclic) bond motifs is 1. The third-order valence-electron chi connectivity index (χ3n) is 4.73. The van der Waals surface area contributed by atoms with E-state index in [0.29, 0.717) is 57.3 Å². The lowest BCUT2D eigenvalue weighted by molar-refractivity contribution is 0.306. The quantitative estimate of drug-likeness (QED) is 0.276. The van der Waals surface area contributed by atoms with E-state index >= 15 is 0 Å². The van der Waals surface area contributed by atoms with Crippen LogP contribution in [0.2, 0.25) is 5.02 Å². The van der Waals surface area contributed by atoms with E-state index in [0.717, 1.165) is 5.39 Å². The van der Waals surface area contributed by atoms with Gasteiger partial charge in [0.2, 0.25) is 0 Å². The Kier molecular flexibility index (Phi) is 7.32. The van der Waals surface area contributed by atoms with Crippen LogP contribution in [-0.2, 0) is 6.61 Å². The van der Waals surface area contributed by atoms with Gasteiger partial charge in [-0.3, -0.25) is 0 Å². The zero-order valence-corrected chi connectivity index (χ0v) is 19.2. The van der Waals surface area contributed by atoms with Crippen molar-refractivity contribution in [2.24, 2.45) is 0 Å². The van der Waals surface area contributed by atoms with Crippen molar-refractivity contribution in [1.29, 1.82) is 0 Å². The maximum absolute atomic E-state index is 13.3. The fourth-order valence-electron chi connectivity index (χ4n) is 3.20. The lowest BCUT2D eigenvalue weighted by Crippen LogP contribution is -2.02. The fourth-order valence-corrected chi connectivity index (χ4v) is 3.52. The van der Waals surface area contributed by atoms with Crippen molar-refractivity contribution < 1.29 is 18.6 Å². The van der Waals surface area contributed by atoms with Gasteiger partial charge in [-0.25, -0.2) is 14.4 Å². The summed E-state index contributed by atoms with van der Waals surface area (Å²) in [7, 11) is 1.56. The zero-order valence-electron chi connectivity index (χ0n) is 17.6. The molecule has 1 heterocycles. The van der Waals surface area contributed by atoms with Gasteiger partial charge in [0.25, 0.3) is 0 Å². The minimum Gasteiger partial charge on any atom is -0.493 e. The van der Waals surface area contributed by atoms with Gasteiger partial charge in [0.1, 0.15) is 36.9 Å². The number of rotatable bonds is 9. The molecule has 170 valence electrons. The summed E-state index contributed by atoms with van der Waals surface area (Å²) in [6.45, 7) is 0.556. The van der Waals surface area contributed by atoms with E-state index < -0.39 is 0 Å². The first kappa shape index (κ1) is 22.9. The maximum atomic E-state index is 13.3. The highest BCUT2D eigenvalue weighted by molar-refractivity contribution is 6.32. The monoisotopic (exact) mass is 487 g/mol. The average molecular weight is 488 g/mol. The SMILES string of the molecule is COc1cc2c(Nc3ccc(OCc4cccc(F)c4)c(Cl)c3)ncnc2cc1OCCCl. The standard InChI is InChI=1S/C24H20Cl2FN3O3/c1-31-22-11-18-20(12-23(22)32-8-7-25)28-14-29-24(18)30-17-5-6-21(19(26)10-17)33-13-15-3-2-4-16(27)9-15/h2-6,9-12,14H,7-8,13H2,1H3,(H,28,29,30). The minimum absolute atomic E-state index is 0.203. The maximum Gasteiger partial charge on any atom is 0.163 e. The van der Waals surface area contributed by atoms with Gasteiger partial charge < -0.3 is 19.5 Å². The van der Waals surface area contributed by atoms with Crippen molar-refractivity contribution in [1.82, 2.24) is 9.97 Å². The Bertz CT molecular complexity index is 1270. The van der Waals surface area contributed by atoms with E-state index in [2.05, 4.69) is 15.3 Å². The molecular weight excluding hydrogens is 468 g/mol. The summed E-state index contributed by atoms with van der Waals surface area (Å²) < 4.78 is 30.2. The van der Waals surface area contributed by atoms with Crippen LogP contribution in [0.1, 0.15) is 5.56 Å². The van der Waals surface area contributed by atoms with E-state index in [4.69, 9.17) is 37.4 Å². The van der Waals surface area contributed by atoms with Gasteiger partial charge in [0.15, 0.2) is 11.5 Å². The van der Waals surface area contributed by atoms with Crippen molar-refractivity contribution in [3.8, 4) is 17.2 Å². The second-order valence-electron chi connectivity index (χ2n) is 6.97. The molecule has 0 unspecified atom stereocenters. The highest BCUT2D eigenvalue weighted by Gasteiger charge is 2.13. The molecule has 0 saturated heterocycles. The Hall–Kier alpha value is -3.29. The normalized spacial score (nSPS) is 10.8. The van der Waals surface area contributed by atoms with Crippen LogP contribution in [0.15, 0.2) is 60.9 Å². The van der Waals surface area contributed by atoms with Gasteiger partial charge in [-0.1, -0.05) is 23.7 Å². The number of halogens is 3. The number of aromatic nitrogens is 2. The molecule has 0 aliphatic rings. The average Bonchev–Trinajstić information content (AvgIpc) is 2.82. The predicted octanol–water partition coefficient (Wildman–Crippen LogP) is 6.37. The molecule has 0 saturated carbocycles. The van der Waals surface area contributed by atoms with Crippen LogP contribution in [0.3, 0.4) is 0 Å². The highest BCUT2D eigenvalue weighted by atomic mass is 35.5. The van der Waals surface area contributed by atoms with E-state index in [1.807, 2.05) is 6.07 Å². The van der Waals surface area contributed by atoms with Crippen LogP contribution in [0.5, 0.6) is 17.2 Å². The molecule has 0 fully saturated rings. The summed E-state index contributed by atoms with van der Waals surface area (Å²) in [6.07, 6.45) is 1.46. The summed E-state index contributed by atoms with van der Waals surface area (Å²) in [4.78, 5) is 8.68. The third kappa shape index (κ3) is 5.56. The Labute approximate surface area is 200 Å². The number of hydrogen-bond acceptors (Lipinski definition) is 6. The van der Waals surface area contributed by atoms with Crippen molar-refractivity contribution in [3.63, 3.8) is 0 Å². The Balaban J connectivity index is 1.54. The number of nitrogens with one attached hydrogen (secondary N) is 1. The lowest BCUT2D eigenvalue weighted by atomic mass is 10.2. The van der Waals surface area contributed by atoms with Crippen molar-refractivity contribution in [2.45, 2.75) is 6.61 Å². The number of benzene rings is 3. The summed E-state index contributed by atoms with van der Waals surface area (Å²) >= 11 is 12.1. The summed E-state index contributed by atoms with van der Waals surface area (Å²) in [6, 6.07) is 15.1. The lowest BCUT2D eigenvalue weighted by Gasteiger charge is -2.14. The topological polar surface area (TPSA) is 65.5 Å². The van der Waals surface area contributed by atoms with Crippen molar-refractivity contribution in [3.05, 3.63) is 77.3 Å². The smallest absolute Gasteiger partial charge is 0.163 e. The number of methoxy groups -OCH3 is 1. The third-order valence-corrected chi connectivity index (χ3v) is 5.18. The summed E-state index contributed by atoms with van der Waals surface area (Å²) in [5.41, 5.74) is 2.10. The van der Waals surface area contributed by atoms with Gasteiger partial charge in [-0.05, 0) is 42.0 Å². The van der Waals surface area contributed by atoms with E-state index in [-0.39, 0.29) is 12.4 Å². The molecule has 33 heavy (non-hydrogen) atoms. The molecule has 0 radical (unpaired) electrons. The molecule has 4 aromatic rings. The van der Waals surface area contributed by atoms with Crippen LogP contribution in [0.4, 0.5) is 15.9 Å². The molecule has 0 aliphatic carbocycles. The van der Waals surface area contributed by atoms with Gasteiger partial charge in [-0.2, -0.15) is 0 Å². The number of alkyl halides is 1. The first-order chi connectivity index (χ1) is 16.1. The minimum atomic E-state index is -0.312. The largest absolute Gasteiger partial charge is 0.493 e. The van der Waals surface area contributed by atoms with Crippen LogP contribution < -0.4 is 19.5 Å². The Morgan fingerprint density at radius 3 is 2.61 bits per heavy atom. The first-order valence-electron chi connectivity index (χ1n) is 10.0. The van der Waals surface area contributed by atoms with Crippen LogP contribution >= 0.6 is 23.2 Å². The van der Waals surface area contributed by atoms with Gasteiger partial charge in [0, 0.05) is 17.1 Å². The molecule has 1 aromatic heterocycles. The van der Waals surface area contributed by atoms with Gasteiger partial charge in [0.05, 0.1) is 23.5 Å². The van der Waals surface area contributed by atoms with Gasteiger partial charge >= 0.3 is 0 Å². The molecule has 4 rings (SSSR count). The van der Waals surface area contributed by atoms with Crippen LogP contribution in [0.25, 0.3) is 10.9 Å². The van der Waals surface area contributed by atoms with E-state index in [1.54, 1.807) is 43.5 Å². The number of hydrogen-bond donors (Lipinski definition) is 1. The number of nitrogens with zero attached hydrogens (tertiary/aromatic N) is 2. The fraction of sp³-hybridized carbons (Fsp3) is 0.167. The molecule has 1 N–H and O–H groups in total. The number of anilines is 2. The van der Waals surface area contributed by atoms with E-state index in [9.17, 15) is 4.39 Å². The molecule has 0 bridgehead atoms. The Morgan fingerprint density at radius 1 is 0.970 bits per heavy atom. The first-order valence-corrected chi connectivity index (χ1v) is 10.9. The zero-order chi connectivity index (χ0) is 23.2. The van der Waals surface area contributed by atoms with Crippen molar-refractivity contribution in [2.75, 3.05) is 24.9 Å². The van der Waals surface area contributed by atoms with Crippen LogP contribution in [0, 0.1) is 5.82 Å². The molecule has 0 amide bonds. The molecule has 0 spiro atoms. The number of ether oxygens (including phenoxy) is 3. The van der Waals surface area contributed by atoms with Crippen LogP contribution in [-0.4, -0.2) is 29.6 Å².